The average Bonchev–Trinajstić information content (AvgIpc) is 3.30. The van der Waals surface area contributed by atoms with Gasteiger partial charge in [0.15, 0.2) is 0 Å². The lowest BCUT2D eigenvalue weighted by Gasteiger charge is -2.17. The van der Waals surface area contributed by atoms with E-state index in [1.807, 2.05) is 42.5 Å². The molecule has 1 aliphatic carbocycles. The number of rotatable bonds is 3. The van der Waals surface area contributed by atoms with Gasteiger partial charge in [0.1, 0.15) is 6.54 Å². The van der Waals surface area contributed by atoms with Crippen LogP contribution in [0.2, 0.25) is 0 Å². The van der Waals surface area contributed by atoms with Crippen LogP contribution in [0.1, 0.15) is 18.4 Å². The number of nitrogens with zero attached hydrogens (tertiary/aromatic N) is 2. The van der Waals surface area contributed by atoms with Crippen LogP contribution in [0.15, 0.2) is 42.5 Å². The van der Waals surface area contributed by atoms with Gasteiger partial charge in [-0.2, -0.15) is 0 Å². The fourth-order valence-corrected chi connectivity index (χ4v) is 2.99. The Balaban J connectivity index is 1.65. The van der Waals surface area contributed by atoms with Gasteiger partial charge in [0, 0.05) is 6.04 Å². The van der Waals surface area contributed by atoms with Gasteiger partial charge in [0.25, 0.3) is 5.91 Å². The SMILES string of the molecule is O=C1CN(C2CC2)C(=O)N1Cc1cccc2ccccc12. The molecule has 106 valence electrons. The van der Waals surface area contributed by atoms with E-state index in [0.717, 1.165) is 29.2 Å². The Hall–Kier alpha value is -2.36. The molecule has 4 heteroatoms. The predicted octanol–water partition coefficient (Wildman–Crippen LogP) is 2.77. The van der Waals surface area contributed by atoms with Crippen LogP contribution in [-0.4, -0.2) is 34.3 Å². The minimum absolute atomic E-state index is 0.0835. The average molecular weight is 280 g/mol. The lowest BCUT2D eigenvalue weighted by molar-refractivity contribution is -0.125. The second-order valence-electron chi connectivity index (χ2n) is 5.76. The molecule has 1 saturated carbocycles. The fourth-order valence-electron chi connectivity index (χ4n) is 2.99. The molecular formula is C17H16N2O2. The predicted molar refractivity (Wildman–Crippen MR) is 79.6 cm³/mol. The quantitative estimate of drug-likeness (QED) is 0.811. The third-order valence-corrected chi connectivity index (χ3v) is 4.28. The Kier molecular flexibility index (Phi) is 2.70. The summed E-state index contributed by atoms with van der Waals surface area (Å²) in [5.41, 5.74) is 1.02. The molecule has 0 spiro atoms. The van der Waals surface area contributed by atoms with Crippen molar-refractivity contribution in [2.45, 2.75) is 25.4 Å². The van der Waals surface area contributed by atoms with Gasteiger partial charge in [-0.15, -0.1) is 0 Å². The van der Waals surface area contributed by atoms with Crippen molar-refractivity contribution >= 4 is 22.7 Å². The van der Waals surface area contributed by atoms with E-state index in [-0.39, 0.29) is 18.5 Å². The fraction of sp³-hybridized carbons (Fsp3) is 0.294. The number of carbonyl (C=O) groups excluding carboxylic acids is 2. The first kappa shape index (κ1) is 12.4. The molecule has 4 rings (SSSR count). The summed E-state index contributed by atoms with van der Waals surface area (Å²) in [7, 11) is 0. The van der Waals surface area contributed by atoms with Crippen molar-refractivity contribution in [3.8, 4) is 0 Å². The summed E-state index contributed by atoms with van der Waals surface area (Å²) in [6.07, 6.45) is 2.06. The zero-order chi connectivity index (χ0) is 14.4. The van der Waals surface area contributed by atoms with E-state index in [4.69, 9.17) is 0 Å². The highest BCUT2D eigenvalue weighted by atomic mass is 16.2. The van der Waals surface area contributed by atoms with E-state index in [1.165, 1.54) is 4.90 Å². The van der Waals surface area contributed by atoms with Crippen molar-refractivity contribution in [3.05, 3.63) is 48.0 Å². The summed E-state index contributed by atoms with van der Waals surface area (Å²) >= 11 is 0. The van der Waals surface area contributed by atoms with Gasteiger partial charge in [-0.3, -0.25) is 9.69 Å². The van der Waals surface area contributed by atoms with Crippen molar-refractivity contribution in [2.75, 3.05) is 6.54 Å². The molecule has 2 aromatic carbocycles. The maximum Gasteiger partial charge on any atom is 0.327 e. The smallest absolute Gasteiger partial charge is 0.312 e. The lowest BCUT2D eigenvalue weighted by Crippen LogP contribution is -2.33. The van der Waals surface area contributed by atoms with Gasteiger partial charge in [0.05, 0.1) is 6.54 Å². The number of carbonyl (C=O) groups is 2. The first-order chi connectivity index (χ1) is 10.2. The highest BCUT2D eigenvalue weighted by molar-refractivity contribution is 6.02. The van der Waals surface area contributed by atoms with Gasteiger partial charge in [0.2, 0.25) is 0 Å². The highest BCUT2D eigenvalue weighted by Gasteiger charge is 2.43. The lowest BCUT2D eigenvalue weighted by atomic mass is 10.0. The van der Waals surface area contributed by atoms with E-state index >= 15 is 0 Å². The molecule has 2 aliphatic rings. The van der Waals surface area contributed by atoms with E-state index in [2.05, 4.69) is 0 Å². The molecule has 2 fully saturated rings. The van der Waals surface area contributed by atoms with E-state index < -0.39 is 0 Å². The molecule has 0 N–H and O–H groups in total. The van der Waals surface area contributed by atoms with Crippen molar-refractivity contribution in [3.63, 3.8) is 0 Å². The Morgan fingerprint density at radius 2 is 1.76 bits per heavy atom. The molecule has 0 unspecified atom stereocenters. The highest BCUT2D eigenvalue weighted by Crippen LogP contribution is 2.31. The van der Waals surface area contributed by atoms with E-state index in [0.29, 0.717) is 12.6 Å². The topological polar surface area (TPSA) is 40.6 Å². The molecule has 0 radical (unpaired) electrons. The Morgan fingerprint density at radius 1 is 1.00 bits per heavy atom. The molecule has 1 heterocycles. The summed E-state index contributed by atoms with van der Waals surface area (Å²) in [6.45, 7) is 0.608. The first-order valence-corrected chi connectivity index (χ1v) is 7.31. The minimum Gasteiger partial charge on any atom is -0.312 e. The molecular weight excluding hydrogens is 264 g/mol. The summed E-state index contributed by atoms with van der Waals surface area (Å²) < 4.78 is 0. The molecule has 0 bridgehead atoms. The van der Waals surface area contributed by atoms with E-state index in [1.54, 1.807) is 4.90 Å². The molecule has 4 nitrogen and oxygen atoms in total. The zero-order valence-corrected chi connectivity index (χ0v) is 11.7. The van der Waals surface area contributed by atoms with Crippen LogP contribution < -0.4 is 0 Å². The maximum absolute atomic E-state index is 12.4. The van der Waals surface area contributed by atoms with Crippen LogP contribution in [-0.2, 0) is 11.3 Å². The summed E-state index contributed by atoms with van der Waals surface area (Å²) in [5.74, 6) is -0.0835. The Labute approximate surface area is 122 Å². The Morgan fingerprint density at radius 3 is 2.57 bits per heavy atom. The molecule has 0 aromatic heterocycles. The van der Waals surface area contributed by atoms with Crippen molar-refractivity contribution < 1.29 is 9.59 Å². The summed E-state index contributed by atoms with van der Waals surface area (Å²) in [6, 6.07) is 14.2. The van der Waals surface area contributed by atoms with Gasteiger partial charge >= 0.3 is 6.03 Å². The van der Waals surface area contributed by atoms with E-state index in [9.17, 15) is 9.59 Å². The number of hydrogen-bond acceptors (Lipinski definition) is 2. The molecule has 1 aliphatic heterocycles. The van der Waals surface area contributed by atoms with Crippen LogP contribution in [0.3, 0.4) is 0 Å². The monoisotopic (exact) mass is 280 g/mol. The van der Waals surface area contributed by atoms with Crippen molar-refractivity contribution in [1.82, 2.24) is 9.80 Å². The maximum atomic E-state index is 12.4. The number of hydrogen-bond donors (Lipinski definition) is 0. The van der Waals surface area contributed by atoms with Crippen molar-refractivity contribution in [2.24, 2.45) is 0 Å². The van der Waals surface area contributed by atoms with Crippen LogP contribution in [0.25, 0.3) is 10.8 Å². The van der Waals surface area contributed by atoms with Gasteiger partial charge in [-0.25, -0.2) is 4.79 Å². The van der Waals surface area contributed by atoms with Crippen LogP contribution in [0.4, 0.5) is 4.79 Å². The second-order valence-corrected chi connectivity index (χ2v) is 5.76. The van der Waals surface area contributed by atoms with Gasteiger partial charge in [-0.1, -0.05) is 42.5 Å². The number of fused-ring (bicyclic) bond motifs is 1. The Bertz CT molecular complexity index is 731. The molecule has 21 heavy (non-hydrogen) atoms. The third kappa shape index (κ3) is 2.07. The minimum atomic E-state index is -0.129. The largest absolute Gasteiger partial charge is 0.327 e. The number of amides is 3. The molecule has 1 saturated heterocycles. The third-order valence-electron chi connectivity index (χ3n) is 4.28. The summed E-state index contributed by atoms with van der Waals surface area (Å²) in [4.78, 5) is 27.6. The second kappa shape index (κ2) is 4.58. The van der Waals surface area contributed by atoms with Crippen molar-refractivity contribution in [1.29, 1.82) is 0 Å². The van der Waals surface area contributed by atoms with Crippen LogP contribution in [0, 0.1) is 0 Å². The zero-order valence-electron chi connectivity index (χ0n) is 11.7. The number of benzene rings is 2. The molecule has 2 aromatic rings. The first-order valence-electron chi connectivity index (χ1n) is 7.31. The normalized spacial score (nSPS) is 18.9. The number of imide groups is 1. The molecule has 0 atom stereocenters. The van der Waals surface area contributed by atoms with Gasteiger partial charge in [-0.05, 0) is 29.2 Å². The standard InChI is InChI=1S/C17H16N2O2/c20-16-11-18(14-8-9-14)17(21)19(16)10-13-6-3-5-12-4-1-2-7-15(12)13/h1-7,14H,8-11H2. The summed E-state index contributed by atoms with van der Waals surface area (Å²) in [5, 5.41) is 2.23. The van der Waals surface area contributed by atoms with Crippen LogP contribution >= 0.6 is 0 Å². The number of urea groups is 1. The molecule has 3 amide bonds. The van der Waals surface area contributed by atoms with Gasteiger partial charge < -0.3 is 4.90 Å². The van der Waals surface area contributed by atoms with Crippen LogP contribution in [0.5, 0.6) is 0 Å².